The molecule has 4 nitrogen and oxygen atoms in total. The first kappa shape index (κ1) is 15.2. The molecule has 1 saturated heterocycles. The highest BCUT2D eigenvalue weighted by atomic mass is 79.9. The maximum atomic E-state index is 5.15. The second kappa shape index (κ2) is 7.05. The minimum Gasteiger partial charge on any atom is -0.361 e. The van der Waals surface area contributed by atoms with Gasteiger partial charge in [0.15, 0.2) is 0 Å². The van der Waals surface area contributed by atoms with Gasteiger partial charge >= 0.3 is 0 Å². The van der Waals surface area contributed by atoms with Crippen molar-refractivity contribution in [3.8, 4) is 0 Å². The molecule has 1 aliphatic rings. The number of rotatable bonds is 4. The van der Waals surface area contributed by atoms with E-state index in [1.807, 2.05) is 24.3 Å². The fraction of sp³-hybridized carbons (Fsp3) is 0.533. The van der Waals surface area contributed by atoms with Gasteiger partial charge in [-0.2, -0.15) is 0 Å². The lowest BCUT2D eigenvalue weighted by molar-refractivity contribution is 0.243. The van der Waals surface area contributed by atoms with E-state index in [1.54, 1.807) is 0 Å². The van der Waals surface area contributed by atoms with Crippen LogP contribution in [-0.2, 0) is 13.1 Å². The maximum Gasteiger partial charge on any atom is 0.133 e. The summed E-state index contributed by atoms with van der Waals surface area (Å²) in [6.07, 6.45) is 1.21. The summed E-state index contributed by atoms with van der Waals surface area (Å²) in [5.41, 5.74) is 1.04. The third kappa shape index (κ3) is 4.16. The van der Waals surface area contributed by atoms with Crippen LogP contribution in [0.25, 0.3) is 0 Å². The van der Waals surface area contributed by atoms with Crippen LogP contribution in [0.4, 0.5) is 0 Å². The van der Waals surface area contributed by atoms with Gasteiger partial charge in [-0.05, 0) is 53.8 Å². The van der Waals surface area contributed by atoms with E-state index in [9.17, 15) is 0 Å². The first-order chi connectivity index (χ1) is 10.2. The molecule has 3 rings (SSSR count). The third-order valence-corrected chi connectivity index (χ3v) is 5.71. The molecule has 0 bridgehead atoms. The van der Waals surface area contributed by atoms with Gasteiger partial charge in [-0.3, -0.25) is 9.80 Å². The Hall–Kier alpha value is -0.690. The molecule has 0 atom stereocenters. The van der Waals surface area contributed by atoms with Crippen molar-refractivity contribution in [2.24, 2.45) is 0 Å². The molecule has 2 aromatic rings. The van der Waals surface area contributed by atoms with E-state index in [1.165, 1.54) is 22.3 Å². The molecule has 0 unspecified atom stereocenters. The maximum absolute atomic E-state index is 5.15. The van der Waals surface area contributed by atoms with Crippen LogP contribution in [0.15, 0.2) is 26.5 Å². The number of halogens is 1. The normalized spacial score (nSPS) is 18.0. The molecule has 0 radical (unpaired) electrons. The van der Waals surface area contributed by atoms with E-state index in [0.717, 1.165) is 44.2 Å². The first-order valence-corrected chi connectivity index (χ1v) is 8.97. The topological polar surface area (TPSA) is 32.5 Å². The standard InChI is InChI=1S/C15H20BrN3OS/c1-12-9-13(17-20-12)10-18-4-2-5-19(7-6-18)11-15-14(16)3-8-21-15/h3,8-9H,2,4-7,10-11H2,1H3. The van der Waals surface area contributed by atoms with Crippen molar-refractivity contribution >= 4 is 27.3 Å². The van der Waals surface area contributed by atoms with Gasteiger partial charge in [0.1, 0.15) is 5.76 Å². The molecule has 0 aliphatic carbocycles. The van der Waals surface area contributed by atoms with Crippen LogP contribution in [0.2, 0.25) is 0 Å². The van der Waals surface area contributed by atoms with E-state index in [2.05, 4.69) is 42.3 Å². The average Bonchev–Trinajstić information content (AvgIpc) is 2.97. The largest absolute Gasteiger partial charge is 0.361 e. The molecule has 0 amide bonds. The Kier molecular flexibility index (Phi) is 5.11. The summed E-state index contributed by atoms with van der Waals surface area (Å²) in [7, 11) is 0. The van der Waals surface area contributed by atoms with E-state index in [4.69, 9.17) is 4.52 Å². The third-order valence-electron chi connectivity index (χ3n) is 3.80. The molecule has 1 fully saturated rings. The van der Waals surface area contributed by atoms with Crippen LogP contribution in [0.5, 0.6) is 0 Å². The zero-order valence-electron chi connectivity index (χ0n) is 12.2. The Labute approximate surface area is 137 Å². The molecule has 0 saturated carbocycles. The predicted molar refractivity (Wildman–Crippen MR) is 88.4 cm³/mol. The monoisotopic (exact) mass is 369 g/mol. The molecule has 1 aliphatic heterocycles. The quantitative estimate of drug-likeness (QED) is 0.825. The predicted octanol–water partition coefficient (Wildman–Crippen LogP) is 3.51. The molecule has 114 valence electrons. The van der Waals surface area contributed by atoms with Crippen LogP contribution in [-0.4, -0.2) is 41.1 Å². The van der Waals surface area contributed by atoms with Crippen molar-refractivity contribution in [3.05, 3.63) is 38.3 Å². The van der Waals surface area contributed by atoms with Gasteiger partial charge in [0, 0.05) is 41.6 Å². The van der Waals surface area contributed by atoms with Crippen molar-refractivity contribution in [2.45, 2.75) is 26.4 Å². The molecule has 0 N–H and O–H groups in total. The van der Waals surface area contributed by atoms with Gasteiger partial charge < -0.3 is 4.52 Å². The van der Waals surface area contributed by atoms with E-state index in [-0.39, 0.29) is 0 Å². The van der Waals surface area contributed by atoms with Crippen molar-refractivity contribution in [1.82, 2.24) is 15.0 Å². The van der Waals surface area contributed by atoms with Crippen molar-refractivity contribution in [1.29, 1.82) is 0 Å². The lowest BCUT2D eigenvalue weighted by Gasteiger charge is -2.20. The fourth-order valence-electron chi connectivity index (χ4n) is 2.70. The second-order valence-corrected chi connectivity index (χ2v) is 7.38. The van der Waals surface area contributed by atoms with Crippen LogP contribution in [0.1, 0.15) is 22.8 Å². The highest BCUT2D eigenvalue weighted by Crippen LogP contribution is 2.24. The zero-order valence-corrected chi connectivity index (χ0v) is 14.6. The minimum absolute atomic E-state index is 0.893. The molecule has 6 heteroatoms. The number of nitrogens with zero attached hydrogens (tertiary/aromatic N) is 3. The summed E-state index contributed by atoms with van der Waals surface area (Å²) in [6.45, 7) is 8.39. The number of hydrogen-bond donors (Lipinski definition) is 0. The highest BCUT2D eigenvalue weighted by Gasteiger charge is 2.17. The molecule has 2 aromatic heterocycles. The summed E-state index contributed by atoms with van der Waals surface area (Å²) in [4.78, 5) is 6.45. The van der Waals surface area contributed by atoms with Gasteiger partial charge in [0.05, 0.1) is 5.69 Å². The Morgan fingerprint density at radius 1 is 1.24 bits per heavy atom. The Morgan fingerprint density at radius 3 is 2.62 bits per heavy atom. The fourth-order valence-corrected chi connectivity index (χ4v) is 4.22. The SMILES string of the molecule is Cc1cc(CN2CCCN(Cc3sccc3Br)CC2)no1. The second-order valence-electron chi connectivity index (χ2n) is 5.53. The minimum atomic E-state index is 0.893. The molecule has 3 heterocycles. The highest BCUT2D eigenvalue weighted by molar-refractivity contribution is 9.10. The van der Waals surface area contributed by atoms with Crippen LogP contribution >= 0.6 is 27.3 Å². The summed E-state index contributed by atoms with van der Waals surface area (Å²) in [5, 5.41) is 6.25. The summed E-state index contributed by atoms with van der Waals surface area (Å²) < 4.78 is 6.39. The molecular formula is C15H20BrN3OS. The Bertz CT molecular complexity index is 583. The molecular weight excluding hydrogens is 350 g/mol. The van der Waals surface area contributed by atoms with Crippen LogP contribution < -0.4 is 0 Å². The number of aryl methyl sites for hydroxylation is 1. The van der Waals surface area contributed by atoms with E-state index >= 15 is 0 Å². The smallest absolute Gasteiger partial charge is 0.133 e. The summed E-state index contributed by atoms with van der Waals surface area (Å²) in [6, 6.07) is 4.17. The lowest BCUT2D eigenvalue weighted by Crippen LogP contribution is -2.30. The molecule has 0 aromatic carbocycles. The van der Waals surface area contributed by atoms with E-state index < -0.39 is 0 Å². The van der Waals surface area contributed by atoms with Gasteiger partial charge in [0.2, 0.25) is 0 Å². The summed E-state index contributed by atoms with van der Waals surface area (Å²) >= 11 is 5.46. The lowest BCUT2D eigenvalue weighted by atomic mass is 10.3. The van der Waals surface area contributed by atoms with Crippen molar-refractivity contribution in [2.75, 3.05) is 26.2 Å². The van der Waals surface area contributed by atoms with Gasteiger partial charge in [-0.25, -0.2) is 0 Å². The first-order valence-electron chi connectivity index (χ1n) is 7.29. The molecule has 0 spiro atoms. The Morgan fingerprint density at radius 2 is 2.00 bits per heavy atom. The van der Waals surface area contributed by atoms with Crippen LogP contribution in [0, 0.1) is 6.92 Å². The average molecular weight is 370 g/mol. The molecule has 21 heavy (non-hydrogen) atoms. The van der Waals surface area contributed by atoms with Gasteiger partial charge in [-0.15, -0.1) is 11.3 Å². The van der Waals surface area contributed by atoms with Gasteiger partial charge in [0.25, 0.3) is 0 Å². The summed E-state index contributed by atoms with van der Waals surface area (Å²) in [5.74, 6) is 0.893. The number of hydrogen-bond acceptors (Lipinski definition) is 5. The zero-order chi connectivity index (χ0) is 14.7. The number of thiophene rings is 1. The van der Waals surface area contributed by atoms with Gasteiger partial charge in [-0.1, -0.05) is 5.16 Å². The Balaban J connectivity index is 1.53. The van der Waals surface area contributed by atoms with Crippen LogP contribution in [0.3, 0.4) is 0 Å². The van der Waals surface area contributed by atoms with Crippen molar-refractivity contribution in [3.63, 3.8) is 0 Å². The number of aromatic nitrogens is 1. The van der Waals surface area contributed by atoms with E-state index in [0.29, 0.717) is 0 Å². The van der Waals surface area contributed by atoms with Crippen molar-refractivity contribution < 1.29 is 4.52 Å².